The normalized spacial score (nSPS) is 10.5. The number of rotatable bonds is 5. The monoisotopic (exact) mass is 402 g/mol. The molecule has 2 rings (SSSR count). The minimum Gasteiger partial charge on any atom is -0.484 e. The van der Waals surface area contributed by atoms with Crippen LogP contribution in [0.1, 0.15) is 16.7 Å². The number of nitrogens with one attached hydrogen (secondary N) is 2. The molecule has 0 aliphatic rings. The Hall–Kier alpha value is -2.60. The Morgan fingerprint density at radius 1 is 1.08 bits per heavy atom. The summed E-state index contributed by atoms with van der Waals surface area (Å²) in [5, 5.41) is 0. The number of hydrogen-bond acceptors (Lipinski definition) is 3. The van der Waals surface area contributed by atoms with Gasteiger partial charge in [0.05, 0.1) is 0 Å². The molecule has 0 fully saturated rings. The molecule has 2 N–H and O–H groups in total. The van der Waals surface area contributed by atoms with Gasteiger partial charge in [-0.2, -0.15) is 0 Å². The lowest BCUT2D eigenvalue weighted by molar-refractivity contribution is -0.128. The smallest absolute Gasteiger partial charge is 0.276 e. The Labute approximate surface area is 155 Å². The number of amides is 2. The molecule has 2 aromatic carbocycles. The third kappa shape index (κ3) is 6.81. The molecule has 0 saturated carbocycles. The summed E-state index contributed by atoms with van der Waals surface area (Å²) in [4.78, 5) is 23.4. The van der Waals surface area contributed by atoms with E-state index in [1.165, 1.54) is 6.08 Å². The Bertz CT molecular complexity index is 783. The highest BCUT2D eigenvalue weighted by Gasteiger charge is 2.04. The number of carbonyl (C=O) groups excluding carboxylic acids is 2. The van der Waals surface area contributed by atoms with Gasteiger partial charge in [-0.25, -0.2) is 0 Å². The van der Waals surface area contributed by atoms with Crippen molar-refractivity contribution >= 4 is 33.8 Å². The molecule has 0 aliphatic carbocycles. The summed E-state index contributed by atoms with van der Waals surface area (Å²) in [5.41, 5.74) is 7.60. The second-order valence-electron chi connectivity index (χ2n) is 5.54. The van der Waals surface area contributed by atoms with Crippen molar-refractivity contribution in [3.8, 4) is 5.75 Å². The summed E-state index contributed by atoms with van der Waals surface area (Å²) in [6, 6.07) is 13.2. The average molecular weight is 403 g/mol. The zero-order valence-electron chi connectivity index (χ0n) is 14.0. The summed E-state index contributed by atoms with van der Waals surface area (Å²) in [7, 11) is 0. The number of hydrogen-bond donors (Lipinski definition) is 2. The zero-order chi connectivity index (χ0) is 18.2. The number of benzene rings is 2. The van der Waals surface area contributed by atoms with Gasteiger partial charge in [0.15, 0.2) is 6.61 Å². The number of aryl methyl sites for hydroxylation is 2. The molecule has 25 heavy (non-hydrogen) atoms. The molecule has 0 spiro atoms. The molecule has 0 bridgehead atoms. The van der Waals surface area contributed by atoms with Gasteiger partial charge >= 0.3 is 0 Å². The maximum Gasteiger partial charge on any atom is 0.276 e. The van der Waals surface area contributed by atoms with Gasteiger partial charge in [-0.15, -0.1) is 0 Å². The van der Waals surface area contributed by atoms with E-state index in [1.54, 1.807) is 6.08 Å². The van der Waals surface area contributed by atoms with Crippen molar-refractivity contribution < 1.29 is 14.3 Å². The van der Waals surface area contributed by atoms with Crippen LogP contribution >= 0.6 is 15.9 Å². The Balaban J connectivity index is 1.76. The van der Waals surface area contributed by atoms with Crippen LogP contribution in [-0.4, -0.2) is 18.4 Å². The number of halogens is 1. The predicted octanol–water partition coefficient (Wildman–Crippen LogP) is 3.31. The van der Waals surface area contributed by atoms with E-state index in [-0.39, 0.29) is 6.61 Å². The molecule has 2 amide bonds. The fourth-order valence-electron chi connectivity index (χ4n) is 2.16. The standard InChI is InChI=1S/C19H19BrN2O3/c1-13-8-14(2)10-17(9-13)25-12-19(24)22-21-18(23)7-6-15-4-3-5-16(20)11-15/h3-11H,12H2,1-2H3,(H,21,23)(H,22,24). The van der Waals surface area contributed by atoms with Crippen LogP contribution in [0.25, 0.3) is 6.08 Å². The van der Waals surface area contributed by atoms with Gasteiger partial charge in [0, 0.05) is 10.5 Å². The molecule has 0 atom stereocenters. The van der Waals surface area contributed by atoms with Gasteiger partial charge in [-0.05, 0) is 60.9 Å². The van der Waals surface area contributed by atoms with Gasteiger partial charge in [-0.1, -0.05) is 34.1 Å². The molecule has 130 valence electrons. The van der Waals surface area contributed by atoms with Crippen molar-refractivity contribution in [2.45, 2.75) is 13.8 Å². The van der Waals surface area contributed by atoms with Crippen molar-refractivity contribution in [1.29, 1.82) is 0 Å². The van der Waals surface area contributed by atoms with E-state index in [1.807, 2.05) is 56.3 Å². The fourth-order valence-corrected chi connectivity index (χ4v) is 2.57. The molecule has 2 aromatic rings. The van der Waals surface area contributed by atoms with Crippen LogP contribution < -0.4 is 15.6 Å². The summed E-state index contributed by atoms with van der Waals surface area (Å²) >= 11 is 3.36. The summed E-state index contributed by atoms with van der Waals surface area (Å²) in [5.74, 6) is -0.253. The molecule has 5 nitrogen and oxygen atoms in total. The van der Waals surface area contributed by atoms with E-state index in [0.29, 0.717) is 5.75 Å². The largest absolute Gasteiger partial charge is 0.484 e. The number of carbonyl (C=O) groups is 2. The van der Waals surface area contributed by atoms with Crippen LogP contribution in [0.15, 0.2) is 53.0 Å². The summed E-state index contributed by atoms with van der Waals surface area (Å²) < 4.78 is 6.34. The van der Waals surface area contributed by atoms with Gasteiger partial charge in [0.25, 0.3) is 11.8 Å². The van der Waals surface area contributed by atoms with Crippen LogP contribution in [0.4, 0.5) is 0 Å². The second kappa shape index (κ2) is 9.03. The molecular weight excluding hydrogens is 384 g/mol. The van der Waals surface area contributed by atoms with Crippen molar-refractivity contribution in [2.24, 2.45) is 0 Å². The van der Waals surface area contributed by atoms with E-state index in [0.717, 1.165) is 21.2 Å². The maximum absolute atomic E-state index is 11.7. The highest BCUT2D eigenvalue weighted by atomic mass is 79.9. The van der Waals surface area contributed by atoms with Crippen LogP contribution in [0.5, 0.6) is 5.75 Å². The molecule has 0 radical (unpaired) electrons. The molecule has 0 aliphatic heterocycles. The first-order chi connectivity index (χ1) is 11.9. The van der Waals surface area contributed by atoms with Crippen LogP contribution in [0, 0.1) is 13.8 Å². The Kier molecular flexibility index (Phi) is 6.77. The van der Waals surface area contributed by atoms with E-state index in [4.69, 9.17) is 4.74 Å². The third-order valence-corrected chi connectivity index (χ3v) is 3.66. The first-order valence-electron chi connectivity index (χ1n) is 7.66. The van der Waals surface area contributed by atoms with Crippen molar-refractivity contribution in [2.75, 3.05) is 6.61 Å². The highest BCUT2D eigenvalue weighted by Crippen LogP contribution is 2.16. The first-order valence-corrected chi connectivity index (χ1v) is 8.45. The zero-order valence-corrected chi connectivity index (χ0v) is 15.6. The first kappa shape index (κ1) is 18.7. The molecule has 0 saturated heterocycles. The fraction of sp³-hybridized carbons (Fsp3) is 0.158. The average Bonchev–Trinajstić information content (AvgIpc) is 2.55. The second-order valence-corrected chi connectivity index (χ2v) is 6.45. The van der Waals surface area contributed by atoms with Gasteiger partial charge < -0.3 is 4.74 Å². The van der Waals surface area contributed by atoms with Crippen LogP contribution in [0.2, 0.25) is 0 Å². The Morgan fingerprint density at radius 2 is 1.80 bits per heavy atom. The minimum absolute atomic E-state index is 0.182. The van der Waals surface area contributed by atoms with Crippen LogP contribution in [-0.2, 0) is 9.59 Å². The Morgan fingerprint density at radius 3 is 2.48 bits per heavy atom. The molecule has 0 aromatic heterocycles. The van der Waals surface area contributed by atoms with Crippen molar-refractivity contribution in [3.63, 3.8) is 0 Å². The van der Waals surface area contributed by atoms with Crippen molar-refractivity contribution in [3.05, 3.63) is 69.7 Å². The lowest BCUT2D eigenvalue weighted by atomic mass is 10.1. The molecule has 0 heterocycles. The van der Waals surface area contributed by atoms with E-state index in [2.05, 4.69) is 26.8 Å². The van der Waals surface area contributed by atoms with Crippen molar-refractivity contribution in [1.82, 2.24) is 10.9 Å². The van der Waals surface area contributed by atoms with E-state index < -0.39 is 11.8 Å². The van der Waals surface area contributed by atoms with Crippen LogP contribution in [0.3, 0.4) is 0 Å². The SMILES string of the molecule is Cc1cc(C)cc(OCC(=O)NNC(=O)C=Cc2cccc(Br)c2)c1. The van der Waals surface area contributed by atoms with Gasteiger partial charge in [0.1, 0.15) is 5.75 Å². The van der Waals surface area contributed by atoms with E-state index in [9.17, 15) is 9.59 Å². The summed E-state index contributed by atoms with van der Waals surface area (Å²) in [6.45, 7) is 3.73. The predicted molar refractivity (Wildman–Crippen MR) is 101 cm³/mol. The van der Waals surface area contributed by atoms with Gasteiger partial charge in [-0.3, -0.25) is 20.4 Å². The van der Waals surface area contributed by atoms with E-state index >= 15 is 0 Å². The molecular formula is C19H19BrN2O3. The highest BCUT2D eigenvalue weighted by molar-refractivity contribution is 9.10. The maximum atomic E-state index is 11.7. The number of ether oxygens (including phenoxy) is 1. The lowest BCUT2D eigenvalue weighted by Crippen LogP contribution is -2.43. The van der Waals surface area contributed by atoms with Gasteiger partial charge in [0.2, 0.25) is 0 Å². The summed E-state index contributed by atoms with van der Waals surface area (Å²) in [6.07, 6.45) is 2.99. The third-order valence-electron chi connectivity index (χ3n) is 3.17. The molecule has 0 unspecified atom stereocenters. The quantitative estimate of drug-likeness (QED) is 0.595. The lowest BCUT2D eigenvalue weighted by Gasteiger charge is -2.09. The molecule has 6 heteroatoms. The minimum atomic E-state index is -0.441. The topological polar surface area (TPSA) is 67.4 Å². The number of hydrazine groups is 1.